The van der Waals surface area contributed by atoms with Gasteiger partial charge in [0.15, 0.2) is 0 Å². The average molecular weight is 277 g/mol. The fourth-order valence-corrected chi connectivity index (χ4v) is 3.54. The van der Waals surface area contributed by atoms with E-state index in [0.717, 1.165) is 29.9 Å². The molecule has 1 aromatic carbocycles. The van der Waals surface area contributed by atoms with Crippen molar-refractivity contribution in [2.24, 2.45) is 12.5 Å². The Morgan fingerprint density at radius 2 is 2.00 bits per heavy atom. The number of hydrogen-bond donors (Lipinski definition) is 0. The zero-order valence-corrected chi connectivity index (χ0v) is 11.4. The van der Waals surface area contributed by atoms with E-state index in [1.54, 1.807) is 0 Å². The lowest BCUT2D eigenvalue weighted by atomic mass is 9.94. The highest BCUT2D eigenvalue weighted by molar-refractivity contribution is 5.78. The van der Waals surface area contributed by atoms with E-state index in [9.17, 15) is 8.78 Å². The van der Waals surface area contributed by atoms with Crippen molar-refractivity contribution in [3.05, 3.63) is 24.3 Å². The Hall–Kier alpha value is -1.65. The third kappa shape index (κ3) is 1.52. The number of fused-ring (bicyclic) bond motifs is 1. The van der Waals surface area contributed by atoms with Crippen LogP contribution in [-0.2, 0) is 7.05 Å². The Balaban J connectivity index is 1.71. The van der Waals surface area contributed by atoms with Gasteiger partial charge in [-0.05, 0) is 25.0 Å². The SMILES string of the molecule is Cn1c(N2CCCC3(C2)CC3(F)F)nc2ccccc21. The summed E-state index contributed by atoms with van der Waals surface area (Å²) in [5, 5.41) is 0. The molecule has 0 bridgehead atoms. The lowest BCUT2D eigenvalue weighted by Gasteiger charge is -2.33. The standard InChI is InChI=1S/C15H17F2N3/c1-19-12-6-3-2-5-11(12)18-13(19)20-8-4-7-14(10-20)9-15(14,16)17/h2-3,5-6H,4,7-10H2,1H3. The molecule has 1 aromatic heterocycles. The molecule has 0 N–H and O–H groups in total. The molecule has 0 radical (unpaired) electrons. The van der Waals surface area contributed by atoms with Crippen molar-refractivity contribution in [2.45, 2.75) is 25.2 Å². The molecule has 20 heavy (non-hydrogen) atoms. The zero-order chi connectivity index (χ0) is 14.0. The fourth-order valence-electron chi connectivity index (χ4n) is 3.54. The van der Waals surface area contributed by atoms with Crippen molar-refractivity contribution in [3.63, 3.8) is 0 Å². The molecule has 1 aliphatic heterocycles. The molecule has 2 aromatic rings. The predicted octanol–water partition coefficient (Wildman–Crippen LogP) is 3.20. The first-order chi connectivity index (χ1) is 9.52. The molecule has 3 nitrogen and oxygen atoms in total. The summed E-state index contributed by atoms with van der Waals surface area (Å²) in [5.41, 5.74) is 1.18. The minimum Gasteiger partial charge on any atom is -0.341 e. The minimum absolute atomic E-state index is 0.0421. The summed E-state index contributed by atoms with van der Waals surface area (Å²) >= 11 is 0. The molecule has 0 amide bonds. The number of piperidine rings is 1. The first-order valence-corrected chi connectivity index (χ1v) is 7.07. The molecule has 1 saturated carbocycles. The Morgan fingerprint density at radius 3 is 2.70 bits per heavy atom. The maximum absolute atomic E-state index is 13.6. The van der Waals surface area contributed by atoms with Crippen molar-refractivity contribution in [2.75, 3.05) is 18.0 Å². The second-order valence-corrected chi connectivity index (χ2v) is 6.15. The largest absolute Gasteiger partial charge is 0.341 e. The van der Waals surface area contributed by atoms with E-state index in [4.69, 9.17) is 0 Å². The van der Waals surface area contributed by atoms with Gasteiger partial charge >= 0.3 is 0 Å². The molecule has 2 heterocycles. The number of alkyl halides is 2. The van der Waals surface area contributed by atoms with Crippen LogP contribution in [0.4, 0.5) is 14.7 Å². The van der Waals surface area contributed by atoms with Gasteiger partial charge in [0.25, 0.3) is 5.92 Å². The van der Waals surface area contributed by atoms with Crippen LogP contribution in [0.2, 0.25) is 0 Å². The monoisotopic (exact) mass is 277 g/mol. The smallest absolute Gasteiger partial charge is 0.256 e. The molecule has 1 spiro atoms. The van der Waals surface area contributed by atoms with Crippen LogP contribution in [-0.4, -0.2) is 28.6 Å². The number of aryl methyl sites for hydroxylation is 1. The molecule has 106 valence electrons. The van der Waals surface area contributed by atoms with Crippen LogP contribution in [0.5, 0.6) is 0 Å². The number of rotatable bonds is 1. The van der Waals surface area contributed by atoms with Crippen LogP contribution in [0.25, 0.3) is 11.0 Å². The van der Waals surface area contributed by atoms with Crippen LogP contribution in [0.1, 0.15) is 19.3 Å². The highest BCUT2D eigenvalue weighted by Crippen LogP contribution is 2.64. The summed E-state index contributed by atoms with van der Waals surface area (Å²) in [6, 6.07) is 7.90. The van der Waals surface area contributed by atoms with E-state index >= 15 is 0 Å². The second kappa shape index (κ2) is 3.71. The van der Waals surface area contributed by atoms with Crippen molar-refractivity contribution in [1.82, 2.24) is 9.55 Å². The normalized spacial score (nSPS) is 28.2. The number of hydrogen-bond acceptors (Lipinski definition) is 2. The van der Waals surface area contributed by atoms with Gasteiger partial charge in [-0.1, -0.05) is 12.1 Å². The topological polar surface area (TPSA) is 21.1 Å². The van der Waals surface area contributed by atoms with Gasteiger partial charge in [0.1, 0.15) is 0 Å². The zero-order valence-electron chi connectivity index (χ0n) is 11.4. The summed E-state index contributed by atoms with van der Waals surface area (Å²) < 4.78 is 29.2. The molecule has 2 fully saturated rings. The highest BCUT2D eigenvalue weighted by Gasteiger charge is 2.71. The molecule has 2 aliphatic rings. The maximum atomic E-state index is 13.6. The average Bonchev–Trinajstić information content (AvgIpc) is 2.79. The van der Waals surface area contributed by atoms with Crippen LogP contribution in [0.3, 0.4) is 0 Å². The minimum atomic E-state index is -2.48. The number of anilines is 1. The van der Waals surface area contributed by atoms with Crippen LogP contribution >= 0.6 is 0 Å². The van der Waals surface area contributed by atoms with Gasteiger partial charge in [-0.25, -0.2) is 13.8 Å². The maximum Gasteiger partial charge on any atom is 0.256 e. The first-order valence-electron chi connectivity index (χ1n) is 7.07. The molecule has 1 aliphatic carbocycles. The van der Waals surface area contributed by atoms with E-state index < -0.39 is 11.3 Å². The van der Waals surface area contributed by atoms with Gasteiger partial charge in [-0.15, -0.1) is 0 Å². The Bertz CT molecular complexity index is 679. The predicted molar refractivity (Wildman–Crippen MR) is 74.2 cm³/mol. The quantitative estimate of drug-likeness (QED) is 0.798. The van der Waals surface area contributed by atoms with Crippen molar-refractivity contribution < 1.29 is 8.78 Å². The van der Waals surface area contributed by atoms with Gasteiger partial charge in [0.05, 0.1) is 16.4 Å². The van der Waals surface area contributed by atoms with Gasteiger partial charge in [-0.2, -0.15) is 0 Å². The van der Waals surface area contributed by atoms with E-state index in [1.165, 1.54) is 0 Å². The molecular formula is C15H17F2N3. The Morgan fingerprint density at radius 1 is 1.25 bits per heavy atom. The van der Waals surface area contributed by atoms with Gasteiger partial charge in [0, 0.05) is 26.6 Å². The van der Waals surface area contributed by atoms with Crippen molar-refractivity contribution in [3.8, 4) is 0 Å². The Labute approximate surface area is 116 Å². The fraction of sp³-hybridized carbons (Fsp3) is 0.533. The number of aromatic nitrogens is 2. The van der Waals surface area contributed by atoms with E-state index in [-0.39, 0.29) is 6.42 Å². The number of halogens is 2. The summed E-state index contributed by atoms with van der Waals surface area (Å²) in [7, 11) is 1.96. The van der Waals surface area contributed by atoms with E-state index in [2.05, 4.69) is 4.98 Å². The van der Waals surface area contributed by atoms with Gasteiger partial charge < -0.3 is 9.47 Å². The molecule has 5 heteroatoms. The van der Waals surface area contributed by atoms with Crippen molar-refractivity contribution >= 4 is 17.0 Å². The highest BCUT2D eigenvalue weighted by atomic mass is 19.3. The summed E-state index contributed by atoms with van der Waals surface area (Å²) in [4.78, 5) is 6.65. The van der Waals surface area contributed by atoms with Crippen LogP contribution in [0, 0.1) is 5.41 Å². The summed E-state index contributed by atoms with van der Waals surface area (Å²) in [6.07, 6.45) is 1.50. The van der Waals surface area contributed by atoms with Crippen LogP contribution < -0.4 is 4.90 Å². The molecule has 1 unspecified atom stereocenters. The third-order valence-electron chi connectivity index (χ3n) is 4.83. The number of para-hydroxylation sites is 2. The van der Waals surface area contributed by atoms with E-state index in [1.807, 2.05) is 40.8 Å². The van der Waals surface area contributed by atoms with Crippen molar-refractivity contribution in [1.29, 1.82) is 0 Å². The second-order valence-electron chi connectivity index (χ2n) is 6.15. The molecule has 4 rings (SSSR count). The lowest BCUT2D eigenvalue weighted by Crippen LogP contribution is -2.40. The summed E-state index contributed by atoms with van der Waals surface area (Å²) in [5.74, 6) is -1.66. The number of nitrogens with zero attached hydrogens (tertiary/aromatic N) is 3. The number of imidazole rings is 1. The van der Waals surface area contributed by atoms with E-state index in [0.29, 0.717) is 13.0 Å². The molecule has 1 saturated heterocycles. The van der Waals surface area contributed by atoms with Gasteiger partial charge in [-0.3, -0.25) is 0 Å². The lowest BCUT2D eigenvalue weighted by molar-refractivity contribution is 0.0573. The summed E-state index contributed by atoms with van der Waals surface area (Å²) in [6.45, 7) is 1.24. The molecular weight excluding hydrogens is 260 g/mol. The molecule has 1 atom stereocenters. The number of benzene rings is 1. The Kier molecular flexibility index (Phi) is 2.25. The van der Waals surface area contributed by atoms with Crippen LogP contribution in [0.15, 0.2) is 24.3 Å². The third-order valence-corrected chi connectivity index (χ3v) is 4.83. The van der Waals surface area contributed by atoms with Gasteiger partial charge in [0.2, 0.25) is 5.95 Å². The first kappa shape index (κ1) is 12.1.